The Morgan fingerprint density at radius 1 is 0.674 bits per heavy atom. The number of oxime groups is 1. The molecule has 0 spiro atoms. The van der Waals surface area contributed by atoms with E-state index in [0.717, 1.165) is 18.4 Å². The molecule has 0 atom stereocenters. The summed E-state index contributed by atoms with van der Waals surface area (Å²) in [6.07, 6.45) is 14.1. The number of aryl methyl sites for hydroxylation is 1. The van der Waals surface area contributed by atoms with Crippen molar-refractivity contribution in [2.75, 3.05) is 14.2 Å². The van der Waals surface area contributed by atoms with Crippen LogP contribution in [0.3, 0.4) is 0 Å². The van der Waals surface area contributed by atoms with Crippen molar-refractivity contribution in [3.63, 3.8) is 0 Å². The lowest BCUT2D eigenvalue weighted by molar-refractivity contribution is 0.106. The SMILES string of the molecule is CCCCCCCCCCCCc1ccc(S(=O)(=O)O)cc1.COc1ccc(C(=O)C(=NO)c2ccc(OC)cc2)cc1. The summed E-state index contributed by atoms with van der Waals surface area (Å²) in [7, 11) is -0.959. The molecule has 0 amide bonds. The molecule has 3 aromatic rings. The molecule has 0 heterocycles. The summed E-state index contributed by atoms with van der Waals surface area (Å²) in [5.74, 6) is 0.941. The largest absolute Gasteiger partial charge is 0.497 e. The van der Waals surface area contributed by atoms with Gasteiger partial charge in [0.15, 0.2) is 5.71 Å². The summed E-state index contributed by atoms with van der Waals surface area (Å²) in [5.41, 5.74) is 2.04. The van der Waals surface area contributed by atoms with Gasteiger partial charge in [-0.2, -0.15) is 8.42 Å². The average Bonchev–Trinajstić information content (AvgIpc) is 3.02. The summed E-state index contributed by atoms with van der Waals surface area (Å²) in [5, 5.41) is 12.3. The van der Waals surface area contributed by atoms with Crippen LogP contribution in [0.2, 0.25) is 0 Å². The summed E-state index contributed by atoms with van der Waals surface area (Å²) >= 11 is 0. The normalized spacial score (nSPS) is 11.4. The minimum atomic E-state index is -4.06. The van der Waals surface area contributed by atoms with Gasteiger partial charge >= 0.3 is 0 Å². The van der Waals surface area contributed by atoms with Crippen molar-refractivity contribution in [3.8, 4) is 11.5 Å². The van der Waals surface area contributed by atoms with Crippen molar-refractivity contribution in [1.29, 1.82) is 0 Å². The number of ether oxygens (including phenoxy) is 2. The Morgan fingerprint density at radius 2 is 1.12 bits per heavy atom. The highest BCUT2D eigenvalue weighted by atomic mass is 32.2. The van der Waals surface area contributed by atoms with Crippen LogP contribution >= 0.6 is 0 Å². The summed E-state index contributed by atoms with van der Waals surface area (Å²) in [4.78, 5) is 12.3. The average molecular weight is 612 g/mol. The Kier molecular flexibility index (Phi) is 16.1. The number of hydrogen-bond acceptors (Lipinski definition) is 7. The van der Waals surface area contributed by atoms with Gasteiger partial charge in [0.25, 0.3) is 10.1 Å². The van der Waals surface area contributed by atoms with Gasteiger partial charge in [-0.1, -0.05) is 82.0 Å². The minimum Gasteiger partial charge on any atom is -0.497 e. The Morgan fingerprint density at radius 3 is 1.53 bits per heavy atom. The number of methoxy groups -OCH3 is 2. The van der Waals surface area contributed by atoms with E-state index in [2.05, 4.69) is 12.1 Å². The molecule has 0 saturated heterocycles. The van der Waals surface area contributed by atoms with E-state index in [9.17, 15) is 13.2 Å². The number of Topliss-reactive ketones (excluding diaryl/α,β-unsaturated/α-hetero) is 1. The van der Waals surface area contributed by atoms with E-state index in [-0.39, 0.29) is 16.4 Å². The van der Waals surface area contributed by atoms with Crippen molar-refractivity contribution in [1.82, 2.24) is 0 Å². The van der Waals surface area contributed by atoms with E-state index >= 15 is 0 Å². The number of ketones is 1. The molecule has 8 nitrogen and oxygen atoms in total. The van der Waals surface area contributed by atoms with Crippen LogP contribution in [0.5, 0.6) is 11.5 Å². The van der Waals surface area contributed by atoms with Crippen LogP contribution in [0.25, 0.3) is 0 Å². The van der Waals surface area contributed by atoms with Gasteiger partial charge < -0.3 is 14.7 Å². The Bertz CT molecular complexity index is 1350. The predicted molar refractivity (Wildman–Crippen MR) is 170 cm³/mol. The Balaban J connectivity index is 0.000000300. The van der Waals surface area contributed by atoms with Gasteiger partial charge in [-0.3, -0.25) is 9.35 Å². The molecule has 0 aliphatic rings. The number of unbranched alkanes of at least 4 members (excludes halogenated alkanes) is 9. The zero-order valence-electron chi connectivity index (χ0n) is 25.5. The molecule has 0 unspecified atom stereocenters. The van der Waals surface area contributed by atoms with Crippen molar-refractivity contribution >= 4 is 21.6 Å². The molecule has 2 N–H and O–H groups in total. The lowest BCUT2D eigenvalue weighted by atomic mass is 10.0. The first-order valence-corrected chi connectivity index (χ1v) is 16.3. The highest BCUT2D eigenvalue weighted by Crippen LogP contribution is 2.17. The molecular formula is C34H45NO7S. The van der Waals surface area contributed by atoms with Crippen LogP contribution in [-0.4, -0.2) is 43.9 Å². The second kappa shape index (κ2) is 19.5. The highest BCUT2D eigenvalue weighted by Gasteiger charge is 2.17. The smallest absolute Gasteiger partial charge is 0.294 e. The van der Waals surface area contributed by atoms with Gasteiger partial charge in [-0.05, 0) is 79.1 Å². The zero-order chi connectivity index (χ0) is 31.5. The summed E-state index contributed by atoms with van der Waals surface area (Å²) in [6, 6.07) is 19.8. The molecular weight excluding hydrogens is 566 g/mol. The number of carbonyl (C=O) groups is 1. The first-order chi connectivity index (χ1) is 20.7. The molecule has 3 rings (SSSR count). The fraction of sp³-hybridized carbons (Fsp3) is 0.412. The molecule has 0 saturated carbocycles. The number of nitrogens with zero attached hydrogens (tertiary/aromatic N) is 1. The van der Waals surface area contributed by atoms with Crippen LogP contribution < -0.4 is 9.47 Å². The van der Waals surface area contributed by atoms with E-state index in [1.54, 1.807) is 74.9 Å². The molecule has 43 heavy (non-hydrogen) atoms. The number of carbonyl (C=O) groups excluding carboxylic acids is 1. The van der Waals surface area contributed by atoms with Crippen LogP contribution in [0, 0.1) is 0 Å². The predicted octanol–water partition coefficient (Wildman–Crippen LogP) is 8.16. The molecule has 234 valence electrons. The first-order valence-electron chi connectivity index (χ1n) is 14.8. The monoisotopic (exact) mass is 611 g/mol. The van der Waals surface area contributed by atoms with Crippen LogP contribution in [0.15, 0.2) is 82.8 Å². The van der Waals surface area contributed by atoms with E-state index in [4.69, 9.17) is 19.2 Å². The highest BCUT2D eigenvalue weighted by molar-refractivity contribution is 7.85. The van der Waals surface area contributed by atoms with Gasteiger partial charge in [0.05, 0.1) is 19.1 Å². The van der Waals surface area contributed by atoms with Crippen molar-refractivity contribution in [3.05, 3.63) is 89.5 Å². The van der Waals surface area contributed by atoms with E-state index in [0.29, 0.717) is 22.6 Å². The van der Waals surface area contributed by atoms with Crippen molar-refractivity contribution in [2.24, 2.45) is 5.16 Å². The second-order valence-electron chi connectivity index (χ2n) is 10.3. The molecule has 0 aliphatic carbocycles. The minimum absolute atomic E-state index is 0.0252. The number of benzene rings is 3. The van der Waals surface area contributed by atoms with Gasteiger partial charge in [-0.15, -0.1) is 0 Å². The topological polar surface area (TPSA) is 122 Å². The van der Waals surface area contributed by atoms with E-state index in [1.165, 1.54) is 69.9 Å². The molecule has 3 aromatic carbocycles. The van der Waals surface area contributed by atoms with Gasteiger partial charge in [0.2, 0.25) is 5.78 Å². The third kappa shape index (κ3) is 13.0. The quantitative estimate of drug-likeness (QED) is 0.0394. The maximum absolute atomic E-state index is 12.4. The lowest BCUT2D eigenvalue weighted by Crippen LogP contribution is -2.15. The zero-order valence-corrected chi connectivity index (χ0v) is 26.3. The number of hydrogen-bond donors (Lipinski definition) is 2. The lowest BCUT2D eigenvalue weighted by Gasteiger charge is -2.06. The van der Waals surface area contributed by atoms with Crippen LogP contribution in [0.1, 0.15) is 92.6 Å². The van der Waals surface area contributed by atoms with Crippen molar-refractivity contribution < 1.29 is 32.4 Å². The summed E-state index contributed by atoms with van der Waals surface area (Å²) in [6.45, 7) is 2.25. The molecule has 0 aromatic heterocycles. The molecule has 0 radical (unpaired) electrons. The van der Waals surface area contributed by atoms with Gasteiger partial charge in [0, 0.05) is 11.1 Å². The molecule has 0 bridgehead atoms. The molecule has 0 fully saturated rings. The van der Waals surface area contributed by atoms with Crippen LogP contribution in [0.4, 0.5) is 0 Å². The third-order valence-corrected chi connectivity index (χ3v) is 7.94. The third-order valence-electron chi connectivity index (χ3n) is 7.07. The van der Waals surface area contributed by atoms with E-state index in [1.807, 2.05) is 0 Å². The molecule has 9 heteroatoms. The van der Waals surface area contributed by atoms with Gasteiger partial charge in [0.1, 0.15) is 11.5 Å². The first kappa shape index (κ1) is 35.5. The maximum Gasteiger partial charge on any atom is 0.294 e. The molecule has 0 aliphatic heterocycles. The van der Waals surface area contributed by atoms with Gasteiger partial charge in [-0.25, -0.2) is 0 Å². The summed E-state index contributed by atoms with van der Waals surface area (Å²) < 4.78 is 40.9. The second-order valence-corrected chi connectivity index (χ2v) is 11.7. The maximum atomic E-state index is 12.4. The Hall–Kier alpha value is -3.69. The Labute approximate surface area is 256 Å². The van der Waals surface area contributed by atoms with E-state index < -0.39 is 10.1 Å². The fourth-order valence-electron chi connectivity index (χ4n) is 4.51. The van der Waals surface area contributed by atoms with Crippen molar-refractivity contribution in [2.45, 2.75) is 82.4 Å². The standard InChI is InChI=1S/C18H30O3S.C16H15NO4/c1-2-3-4-5-6-7-8-9-10-11-12-17-13-15-18(16-14-17)22(19,20)21;1-20-13-7-3-11(4-8-13)15(17-19)16(18)12-5-9-14(21-2)10-6-12/h13-16H,2-12H2,1H3,(H,19,20,21);3-10,19H,1-2H3. The van der Waals surface area contributed by atoms with Crippen LogP contribution in [-0.2, 0) is 16.5 Å². The fourth-order valence-corrected chi connectivity index (χ4v) is 4.99. The number of rotatable bonds is 17.